The van der Waals surface area contributed by atoms with E-state index < -0.39 is 14.3 Å². The average Bonchev–Trinajstić information content (AvgIpc) is 2.18. The van der Waals surface area contributed by atoms with E-state index in [0.29, 0.717) is 5.75 Å². The summed E-state index contributed by atoms with van der Waals surface area (Å²) in [5.41, 5.74) is 8.71. The van der Waals surface area contributed by atoms with Gasteiger partial charge in [0.15, 0.2) is 0 Å². The van der Waals surface area contributed by atoms with Crippen LogP contribution < -0.4 is 4.43 Å². The van der Waals surface area contributed by atoms with Gasteiger partial charge in [0.25, 0.3) is 0 Å². The van der Waals surface area contributed by atoms with Crippen LogP contribution in [-0.4, -0.2) is 19.4 Å². The fourth-order valence-corrected chi connectivity index (χ4v) is 2.03. The molecule has 1 N–H and O–H groups in total. The molecule has 0 unspecified atom stereocenters. The van der Waals surface area contributed by atoms with Crippen molar-refractivity contribution in [2.75, 3.05) is 0 Å². The molecule has 0 aliphatic heterocycles. The molecule has 0 spiro atoms. The van der Waals surface area contributed by atoms with Crippen LogP contribution in [0, 0.1) is 0 Å². The molecule has 0 heterocycles. The van der Waals surface area contributed by atoms with Gasteiger partial charge in [0.05, 0.1) is 11.3 Å². The molecule has 1 rings (SSSR count). The number of carboxylic acids is 1. The van der Waals surface area contributed by atoms with Gasteiger partial charge in [0.2, 0.25) is 8.32 Å². The number of benzene rings is 1. The van der Waals surface area contributed by atoms with Gasteiger partial charge in [-0.1, -0.05) is 5.11 Å². The molecule has 0 saturated heterocycles. The summed E-state index contributed by atoms with van der Waals surface area (Å²) in [7, 11) is -1.83. The van der Waals surface area contributed by atoms with Crippen LogP contribution in [-0.2, 0) is 0 Å². The molecule has 0 aliphatic rings. The Balaban J connectivity index is 3.22. The monoisotopic (exact) mass is 251 g/mol. The van der Waals surface area contributed by atoms with E-state index >= 15 is 0 Å². The van der Waals surface area contributed by atoms with Crippen molar-refractivity contribution in [2.45, 2.75) is 19.6 Å². The summed E-state index contributed by atoms with van der Waals surface area (Å²) in [5.74, 6) is -0.647. The Morgan fingerprint density at radius 2 is 2.12 bits per heavy atom. The first kappa shape index (κ1) is 13.1. The lowest BCUT2D eigenvalue weighted by atomic mass is 10.2. The van der Waals surface area contributed by atoms with E-state index in [0.717, 1.165) is 0 Å². The largest absolute Gasteiger partial charge is 0.544 e. The van der Waals surface area contributed by atoms with Crippen molar-refractivity contribution in [2.24, 2.45) is 5.11 Å². The van der Waals surface area contributed by atoms with Gasteiger partial charge >= 0.3 is 5.97 Å². The Hall–Kier alpha value is -1.98. The van der Waals surface area contributed by atoms with Gasteiger partial charge in [-0.05, 0) is 43.4 Å². The van der Waals surface area contributed by atoms with E-state index in [2.05, 4.69) is 10.0 Å². The van der Waals surface area contributed by atoms with Crippen LogP contribution in [0.4, 0.5) is 5.69 Å². The highest BCUT2D eigenvalue weighted by Crippen LogP contribution is 2.31. The minimum atomic E-state index is -1.83. The summed E-state index contributed by atoms with van der Waals surface area (Å²) in [5, 5.41) is 12.3. The smallest absolute Gasteiger partial charge is 0.335 e. The lowest BCUT2D eigenvalue weighted by Gasteiger charge is -2.20. The molecule has 0 aromatic heterocycles. The minimum Gasteiger partial charge on any atom is -0.544 e. The number of nitrogens with zero attached hydrogens (tertiary/aromatic N) is 3. The molecule has 1 aromatic rings. The summed E-state index contributed by atoms with van der Waals surface area (Å²) < 4.78 is 5.70. The SMILES string of the molecule is C[Si](C)(C)Oc1ccc(C(=O)O)cc1N=[N+]=[N-]. The normalized spacial score (nSPS) is 10.5. The van der Waals surface area contributed by atoms with Crippen molar-refractivity contribution in [3.63, 3.8) is 0 Å². The Bertz CT molecular complexity index is 490. The zero-order valence-electron chi connectivity index (χ0n) is 9.84. The molecular weight excluding hydrogens is 238 g/mol. The number of hydrogen-bond acceptors (Lipinski definition) is 3. The Morgan fingerprint density at radius 1 is 1.47 bits per heavy atom. The van der Waals surface area contributed by atoms with Gasteiger partial charge in [-0.3, -0.25) is 0 Å². The zero-order chi connectivity index (χ0) is 13.1. The van der Waals surface area contributed by atoms with Gasteiger partial charge in [0.1, 0.15) is 5.75 Å². The Labute approximate surface area is 99.6 Å². The standard InChI is InChI=1S/C10H13N3O3Si/c1-17(2,3)16-9-5-4-7(10(14)15)6-8(9)12-13-11/h4-6H,1-3H3,(H,14,15). The first-order chi connectivity index (χ1) is 7.83. The Kier molecular flexibility index (Phi) is 3.77. The van der Waals surface area contributed by atoms with Crippen LogP contribution in [0.3, 0.4) is 0 Å². The molecule has 0 atom stereocenters. The number of hydrogen-bond donors (Lipinski definition) is 1. The van der Waals surface area contributed by atoms with Crippen LogP contribution in [0.2, 0.25) is 19.6 Å². The highest BCUT2D eigenvalue weighted by Gasteiger charge is 2.18. The third-order valence-electron chi connectivity index (χ3n) is 1.77. The maximum absolute atomic E-state index is 10.8. The summed E-state index contributed by atoms with van der Waals surface area (Å²) in [6.07, 6.45) is 0. The van der Waals surface area contributed by atoms with Crippen molar-refractivity contribution in [3.05, 3.63) is 34.2 Å². The molecule has 0 fully saturated rings. The van der Waals surface area contributed by atoms with Gasteiger partial charge in [-0.25, -0.2) is 4.79 Å². The molecule has 0 aliphatic carbocycles. The second kappa shape index (κ2) is 4.90. The number of carboxylic acid groups (broad SMARTS) is 1. The third-order valence-corrected chi connectivity index (χ3v) is 2.61. The summed E-state index contributed by atoms with van der Waals surface area (Å²) in [6, 6.07) is 4.25. The molecule has 17 heavy (non-hydrogen) atoms. The summed E-state index contributed by atoms with van der Waals surface area (Å²) in [4.78, 5) is 13.5. The quantitative estimate of drug-likeness (QED) is 0.383. The van der Waals surface area contributed by atoms with E-state index in [-0.39, 0.29) is 11.3 Å². The van der Waals surface area contributed by atoms with Crippen molar-refractivity contribution in [1.29, 1.82) is 0 Å². The maximum atomic E-state index is 10.8. The van der Waals surface area contributed by atoms with Crippen LogP contribution in [0.5, 0.6) is 5.75 Å². The second-order valence-electron chi connectivity index (χ2n) is 4.39. The predicted molar refractivity (Wildman–Crippen MR) is 66.2 cm³/mol. The molecular formula is C10H13N3O3Si. The fourth-order valence-electron chi connectivity index (χ4n) is 1.19. The average molecular weight is 251 g/mol. The van der Waals surface area contributed by atoms with E-state index in [1.54, 1.807) is 0 Å². The minimum absolute atomic E-state index is 0.0651. The molecule has 0 bridgehead atoms. The second-order valence-corrected chi connectivity index (χ2v) is 8.82. The van der Waals surface area contributed by atoms with Crippen molar-refractivity contribution >= 4 is 20.0 Å². The fraction of sp³-hybridized carbons (Fsp3) is 0.300. The third kappa shape index (κ3) is 3.82. The first-order valence-electron chi connectivity index (χ1n) is 4.95. The van der Waals surface area contributed by atoms with Crippen LogP contribution in [0.15, 0.2) is 23.3 Å². The Morgan fingerprint density at radius 3 is 2.59 bits per heavy atom. The van der Waals surface area contributed by atoms with Crippen LogP contribution in [0.25, 0.3) is 10.4 Å². The number of aromatic carboxylic acids is 1. The first-order valence-corrected chi connectivity index (χ1v) is 8.36. The highest BCUT2D eigenvalue weighted by molar-refractivity contribution is 6.70. The molecule has 7 heteroatoms. The van der Waals surface area contributed by atoms with Gasteiger partial charge in [-0.2, -0.15) is 0 Å². The van der Waals surface area contributed by atoms with Crippen LogP contribution >= 0.6 is 0 Å². The highest BCUT2D eigenvalue weighted by atomic mass is 28.4. The number of carbonyl (C=O) groups is 1. The van der Waals surface area contributed by atoms with Crippen LogP contribution in [0.1, 0.15) is 10.4 Å². The van der Waals surface area contributed by atoms with E-state index in [4.69, 9.17) is 15.1 Å². The van der Waals surface area contributed by atoms with Crippen molar-refractivity contribution in [1.82, 2.24) is 0 Å². The summed E-state index contributed by atoms with van der Waals surface area (Å²) >= 11 is 0. The van der Waals surface area contributed by atoms with Crippen molar-refractivity contribution in [3.8, 4) is 5.75 Å². The molecule has 0 amide bonds. The van der Waals surface area contributed by atoms with E-state index in [9.17, 15) is 4.79 Å². The number of azide groups is 1. The lowest BCUT2D eigenvalue weighted by molar-refractivity contribution is 0.0697. The lowest BCUT2D eigenvalue weighted by Crippen LogP contribution is -2.29. The van der Waals surface area contributed by atoms with E-state index in [1.807, 2.05) is 19.6 Å². The molecule has 0 saturated carbocycles. The molecule has 1 aromatic carbocycles. The number of rotatable bonds is 4. The van der Waals surface area contributed by atoms with Gasteiger partial charge in [-0.15, -0.1) is 0 Å². The van der Waals surface area contributed by atoms with E-state index in [1.165, 1.54) is 18.2 Å². The maximum Gasteiger partial charge on any atom is 0.335 e. The molecule has 0 radical (unpaired) electrons. The molecule has 6 nitrogen and oxygen atoms in total. The topological polar surface area (TPSA) is 95.3 Å². The summed E-state index contributed by atoms with van der Waals surface area (Å²) in [6.45, 7) is 5.95. The zero-order valence-corrected chi connectivity index (χ0v) is 10.8. The van der Waals surface area contributed by atoms with Crippen molar-refractivity contribution < 1.29 is 14.3 Å². The van der Waals surface area contributed by atoms with Gasteiger partial charge < -0.3 is 9.53 Å². The predicted octanol–water partition coefficient (Wildman–Crippen LogP) is 3.54. The van der Waals surface area contributed by atoms with Gasteiger partial charge in [0, 0.05) is 4.91 Å². The molecule has 90 valence electrons.